The van der Waals surface area contributed by atoms with Crippen LogP contribution in [0.25, 0.3) is 0 Å². The van der Waals surface area contributed by atoms with E-state index in [4.69, 9.17) is 0 Å². The minimum absolute atomic E-state index is 0.718. The van der Waals surface area contributed by atoms with Crippen molar-refractivity contribution >= 4 is 23.1 Å². The molecular weight excluding hydrogens is 274 g/mol. The lowest BCUT2D eigenvalue weighted by atomic mass is 9.78. The Labute approximate surface area is 134 Å². The molecule has 0 spiro atoms. The van der Waals surface area contributed by atoms with Gasteiger partial charge >= 0.3 is 0 Å². The zero-order chi connectivity index (χ0) is 14.9. The average molecular weight is 299 g/mol. The number of aliphatic imine (C=N–C) groups is 1. The van der Waals surface area contributed by atoms with Crippen LogP contribution in [0.1, 0.15) is 63.4 Å². The van der Waals surface area contributed by atoms with Crippen molar-refractivity contribution in [2.24, 2.45) is 10.9 Å². The van der Waals surface area contributed by atoms with Gasteiger partial charge in [-0.2, -0.15) is 4.99 Å². The maximum Gasteiger partial charge on any atom is 0.0739 e. The standard InChI is InChI=1S/C19H25NS/c1-2-3-4-5-6-16-7-9-17(10-8-16)18-11-13-19(14-12-18)20-15-21/h5-6,11-14,16-17H,2-4,7-10H2,1H3/t16-,17-. The fourth-order valence-corrected chi connectivity index (χ4v) is 3.23. The van der Waals surface area contributed by atoms with Gasteiger partial charge in [0.1, 0.15) is 0 Å². The minimum atomic E-state index is 0.718. The predicted molar refractivity (Wildman–Crippen MR) is 94.5 cm³/mol. The maximum atomic E-state index is 4.63. The molecule has 0 aliphatic heterocycles. The van der Waals surface area contributed by atoms with Gasteiger partial charge in [0.25, 0.3) is 0 Å². The first-order chi connectivity index (χ1) is 10.3. The molecule has 1 aromatic rings. The second-order valence-corrected chi connectivity index (χ2v) is 6.16. The molecule has 112 valence electrons. The van der Waals surface area contributed by atoms with E-state index in [9.17, 15) is 0 Å². The summed E-state index contributed by atoms with van der Waals surface area (Å²) in [6, 6.07) is 8.50. The molecular formula is C19H25NS. The number of hydrogen-bond acceptors (Lipinski definition) is 2. The highest BCUT2D eigenvalue weighted by Gasteiger charge is 2.20. The SMILES string of the molecule is CCCCC=C[C@H]1CC[C@H](c2ccc(N=C=S)cc2)CC1. The van der Waals surface area contributed by atoms with E-state index in [1.807, 2.05) is 12.1 Å². The Morgan fingerprint density at radius 3 is 2.52 bits per heavy atom. The fourth-order valence-electron chi connectivity index (χ4n) is 3.13. The second-order valence-electron chi connectivity index (χ2n) is 5.98. The van der Waals surface area contributed by atoms with E-state index in [1.165, 1.54) is 50.5 Å². The summed E-state index contributed by atoms with van der Waals surface area (Å²) in [7, 11) is 0. The van der Waals surface area contributed by atoms with Gasteiger partial charge in [0, 0.05) is 0 Å². The summed E-state index contributed by atoms with van der Waals surface area (Å²) in [5, 5.41) is 2.42. The van der Waals surface area contributed by atoms with Crippen molar-refractivity contribution in [3.63, 3.8) is 0 Å². The Balaban J connectivity index is 1.83. The first kappa shape index (κ1) is 16.1. The minimum Gasteiger partial charge on any atom is -0.195 e. The van der Waals surface area contributed by atoms with E-state index in [-0.39, 0.29) is 0 Å². The molecule has 1 nitrogen and oxygen atoms in total. The number of allylic oxidation sites excluding steroid dienone is 2. The van der Waals surface area contributed by atoms with Crippen molar-refractivity contribution in [2.45, 2.75) is 57.8 Å². The van der Waals surface area contributed by atoms with Crippen molar-refractivity contribution in [1.82, 2.24) is 0 Å². The highest BCUT2D eigenvalue weighted by atomic mass is 32.1. The summed E-state index contributed by atoms with van der Waals surface area (Å²) < 4.78 is 0. The van der Waals surface area contributed by atoms with E-state index in [1.54, 1.807) is 0 Å². The summed E-state index contributed by atoms with van der Waals surface area (Å²) in [6.07, 6.45) is 14.0. The first-order valence-corrected chi connectivity index (χ1v) is 8.58. The summed E-state index contributed by atoms with van der Waals surface area (Å²) in [4.78, 5) is 4.01. The Morgan fingerprint density at radius 2 is 1.90 bits per heavy atom. The number of hydrogen-bond donors (Lipinski definition) is 0. The summed E-state index contributed by atoms with van der Waals surface area (Å²) in [5.74, 6) is 1.52. The topological polar surface area (TPSA) is 12.4 Å². The average Bonchev–Trinajstić information content (AvgIpc) is 2.53. The van der Waals surface area contributed by atoms with E-state index in [0.717, 1.165) is 17.5 Å². The quantitative estimate of drug-likeness (QED) is 0.255. The van der Waals surface area contributed by atoms with E-state index < -0.39 is 0 Å². The normalized spacial score (nSPS) is 22.1. The molecule has 1 aliphatic rings. The molecule has 1 saturated carbocycles. The third kappa shape index (κ3) is 5.22. The maximum absolute atomic E-state index is 4.63. The Morgan fingerprint density at radius 1 is 1.19 bits per heavy atom. The van der Waals surface area contributed by atoms with Crippen LogP contribution >= 0.6 is 12.2 Å². The smallest absolute Gasteiger partial charge is 0.0739 e. The van der Waals surface area contributed by atoms with Gasteiger partial charge in [0.05, 0.1) is 10.8 Å². The highest BCUT2D eigenvalue weighted by Crippen LogP contribution is 2.36. The molecule has 0 unspecified atom stereocenters. The Hall–Kier alpha value is -1.24. The van der Waals surface area contributed by atoms with Gasteiger partial charge in [-0.3, -0.25) is 0 Å². The largest absolute Gasteiger partial charge is 0.195 e. The van der Waals surface area contributed by atoms with Crippen LogP contribution in [-0.2, 0) is 0 Å². The molecule has 0 aromatic heterocycles. The third-order valence-corrected chi connectivity index (χ3v) is 4.53. The van der Waals surface area contributed by atoms with Crippen LogP contribution in [0.4, 0.5) is 5.69 Å². The van der Waals surface area contributed by atoms with Crippen molar-refractivity contribution < 1.29 is 0 Å². The lowest BCUT2D eigenvalue weighted by molar-refractivity contribution is 0.375. The van der Waals surface area contributed by atoms with Gasteiger partial charge in [0.15, 0.2) is 0 Å². The van der Waals surface area contributed by atoms with E-state index in [2.05, 4.69) is 53.6 Å². The predicted octanol–water partition coefficient (Wildman–Crippen LogP) is 6.44. The molecule has 1 aromatic carbocycles. The van der Waals surface area contributed by atoms with Crippen molar-refractivity contribution in [2.75, 3.05) is 0 Å². The molecule has 2 heteroatoms. The van der Waals surface area contributed by atoms with Crippen LogP contribution in [0.3, 0.4) is 0 Å². The van der Waals surface area contributed by atoms with E-state index >= 15 is 0 Å². The molecule has 0 N–H and O–H groups in total. The van der Waals surface area contributed by atoms with Gasteiger partial charge in [-0.05, 0) is 73.9 Å². The summed E-state index contributed by atoms with van der Waals surface area (Å²) in [6.45, 7) is 2.25. The molecule has 0 atom stereocenters. The van der Waals surface area contributed by atoms with Gasteiger partial charge < -0.3 is 0 Å². The summed E-state index contributed by atoms with van der Waals surface area (Å²) >= 11 is 4.63. The lowest BCUT2D eigenvalue weighted by Gasteiger charge is -2.27. The zero-order valence-electron chi connectivity index (χ0n) is 12.9. The molecule has 1 aliphatic carbocycles. The lowest BCUT2D eigenvalue weighted by Crippen LogP contribution is -2.11. The third-order valence-electron chi connectivity index (χ3n) is 4.44. The molecule has 0 saturated heterocycles. The van der Waals surface area contributed by atoms with Crippen molar-refractivity contribution in [3.8, 4) is 0 Å². The van der Waals surface area contributed by atoms with Gasteiger partial charge in [-0.1, -0.05) is 44.1 Å². The first-order valence-electron chi connectivity index (χ1n) is 8.18. The number of benzene rings is 1. The number of rotatable bonds is 6. The van der Waals surface area contributed by atoms with Gasteiger partial charge in [0.2, 0.25) is 0 Å². The van der Waals surface area contributed by atoms with Crippen LogP contribution in [-0.4, -0.2) is 5.16 Å². The zero-order valence-corrected chi connectivity index (χ0v) is 13.7. The van der Waals surface area contributed by atoms with E-state index in [0.29, 0.717) is 0 Å². The number of isothiocyanates is 1. The molecule has 0 amide bonds. The molecule has 1 fully saturated rings. The number of nitrogens with zero attached hydrogens (tertiary/aromatic N) is 1. The molecule has 0 bridgehead atoms. The fraction of sp³-hybridized carbons (Fsp3) is 0.526. The highest BCUT2D eigenvalue weighted by molar-refractivity contribution is 7.78. The Kier molecular flexibility index (Phi) is 6.85. The molecule has 2 rings (SSSR count). The number of thiocarbonyl (C=S) groups is 1. The monoisotopic (exact) mass is 299 g/mol. The summed E-state index contributed by atoms with van der Waals surface area (Å²) in [5.41, 5.74) is 2.35. The Bertz CT molecular complexity index is 489. The molecule has 0 radical (unpaired) electrons. The van der Waals surface area contributed by atoms with Crippen LogP contribution in [0, 0.1) is 5.92 Å². The van der Waals surface area contributed by atoms with Crippen LogP contribution < -0.4 is 0 Å². The van der Waals surface area contributed by atoms with Gasteiger partial charge in [-0.15, -0.1) is 0 Å². The molecule has 21 heavy (non-hydrogen) atoms. The van der Waals surface area contributed by atoms with Crippen molar-refractivity contribution in [1.29, 1.82) is 0 Å². The molecule has 0 heterocycles. The van der Waals surface area contributed by atoms with Crippen molar-refractivity contribution in [3.05, 3.63) is 42.0 Å². The second kappa shape index (κ2) is 8.92. The van der Waals surface area contributed by atoms with Crippen LogP contribution in [0.15, 0.2) is 41.4 Å². The van der Waals surface area contributed by atoms with Crippen LogP contribution in [0.2, 0.25) is 0 Å². The number of unbranched alkanes of at least 4 members (excludes halogenated alkanes) is 2. The van der Waals surface area contributed by atoms with Crippen LogP contribution in [0.5, 0.6) is 0 Å². The van der Waals surface area contributed by atoms with Gasteiger partial charge in [-0.25, -0.2) is 0 Å².